The second-order valence-electron chi connectivity index (χ2n) is 6.91. The normalized spacial score (nSPS) is 18.7. The molecule has 0 fully saturated rings. The zero-order chi connectivity index (χ0) is 20.4. The van der Waals surface area contributed by atoms with Crippen molar-refractivity contribution < 1.29 is 22.7 Å². The van der Waals surface area contributed by atoms with Gasteiger partial charge in [0, 0.05) is 17.8 Å². The number of carbonyl (C=O) groups is 2. The Morgan fingerprint density at radius 2 is 1.75 bits per heavy atom. The van der Waals surface area contributed by atoms with Crippen LogP contribution in [0.5, 0.6) is 0 Å². The van der Waals surface area contributed by atoms with Crippen LogP contribution in [0.15, 0.2) is 48.5 Å². The van der Waals surface area contributed by atoms with E-state index in [1.54, 1.807) is 56.3 Å². The van der Waals surface area contributed by atoms with E-state index in [1.807, 2.05) is 6.07 Å². The van der Waals surface area contributed by atoms with Crippen molar-refractivity contribution in [3.8, 4) is 0 Å². The molecule has 1 atom stereocenters. The van der Waals surface area contributed by atoms with Gasteiger partial charge in [-0.3, -0.25) is 9.52 Å². The van der Waals surface area contributed by atoms with E-state index >= 15 is 0 Å². The summed E-state index contributed by atoms with van der Waals surface area (Å²) in [6, 6.07) is 13.3. The van der Waals surface area contributed by atoms with Crippen molar-refractivity contribution >= 4 is 33.3 Å². The third-order valence-corrected chi connectivity index (χ3v) is 5.94. The van der Waals surface area contributed by atoms with Crippen LogP contribution in [-0.4, -0.2) is 31.6 Å². The van der Waals surface area contributed by atoms with Gasteiger partial charge in [-0.1, -0.05) is 25.1 Å². The fourth-order valence-corrected chi connectivity index (χ4v) is 4.18. The number of esters is 1. The summed E-state index contributed by atoms with van der Waals surface area (Å²) in [5, 5.41) is 2.73. The van der Waals surface area contributed by atoms with Gasteiger partial charge in [0.05, 0.1) is 11.3 Å². The highest BCUT2D eigenvalue weighted by molar-refractivity contribution is 7.92. The molecule has 148 valence electrons. The quantitative estimate of drug-likeness (QED) is 0.724. The molecular weight excluding hydrogens is 380 g/mol. The minimum absolute atomic E-state index is 0.0384. The molecule has 0 spiro atoms. The summed E-state index contributed by atoms with van der Waals surface area (Å²) in [4.78, 5) is 25.0. The van der Waals surface area contributed by atoms with Gasteiger partial charge in [-0.05, 0) is 49.2 Å². The predicted octanol–water partition coefficient (Wildman–Crippen LogP) is 2.95. The smallest absolute Gasteiger partial charge is 0.339 e. The summed E-state index contributed by atoms with van der Waals surface area (Å²) in [6.07, 6.45) is 0.791. The zero-order valence-electron chi connectivity index (χ0n) is 15.7. The van der Waals surface area contributed by atoms with Crippen molar-refractivity contribution in [2.45, 2.75) is 32.3 Å². The van der Waals surface area contributed by atoms with Crippen molar-refractivity contribution in [3.63, 3.8) is 0 Å². The predicted molar refractivity (Wildman–Crippen MR) is 107 cm³/mol. The second-order valence-corrected chi connectivity index (χ2v) is 8.75. The number of benzene rings is 2. The number of sulfonamides is 1. The molecule has 0 radical (unpaired) electrons. The van der Waals surface area contributed by atoms with Gasteiger partial charge in [-0.15, -0.1) is 0 Å². The van der Waals surface area contributed by atoms with E-state index in [-0.39, 0.29) is 12.2 Å². The van der Waals surface area contributed by atoms with Crippen molar-refractivity contribution in [2.75, 3.05) is 15.8 Å². The lowest BCUT2D eigenvalue weighted by molar-refractivity contribution is -0.134. The lowest BCUT2D eigenvalue weighted by atomic mass is 9.89. The highest BCUT2D eigenvalue weighted by atomic mass is 32.2. The molecule has 0 saturated carbocycles. The van der Waals surface area contributed by atoms with E-state index in [4.69, 9.17) is 4.74 Å². The van der Waals surface area contributed by atoms with E-state index < -0.39 is 27.5 Å². The molecular formula is C20H22N2O5S. The van der Waals surface area contributed by atoms with Gasteiger partial charge < -0.3 is 10.1 Å². The molecule has 0 aliphatic carbocycles. The first-order valence-electron chi connectivity index (χ1n) is 8.96. The minimum atomic E-state index is -3.38. The monoisotopic (exact) mass is 402 g/mol. The van der Waals surface area contributed by atoms with E-state index in [0.717, 1.165) is 5.56 Å². The average molecular weight is 402 g/mol. The first-order chi connectivity index (χ1) is 13.2. The van der Waals surface area contributed by atoms with Gasteiger partial charge in [0.1, 0.15) is 0 Å². The first-order valence-corrected chi connectivity index (χ1v) is 10.6. The molecule has 0 bridgehead atoms. The van der Waals surface area contributed by atoms with Crippen molar-refractivity contribution in [3.05, 3.63) is 59.7 Å². The topological polar surface area (TPSA) is 102 Å². The van der Waals surface area contributed by atoms with Crippen LogP contribution in [0.1, 0.15) is 36.2 Å². The molecule has 1 aliphatic rings. The molecule has 2 N–H and O–H groups in total. The van der Waals surface area contributed by atoms with Gasteiger partial charge in [0.25, 0.3) is 5.91 Å². The third kappa shape index (κ3) is 4.33. The average Bonchev–Trinajstić information content (AvgIpc) is 2.63. The summed E-state index contributed by atoms with van der Waals surface area (Å²) >= 11 is 0. The molecule has 3 rings (SSSR count). The Morgan fingerprint density at radius 3 is 2.43 bits per heavy atom. The van der Waals surface area contributed by atoms with Gasteiger partial charge in [0.15, 0.2) is 5.60 Å². The molecule has 8 heteroatoms. The highest BCUT2D eigenvalue weighted by Crippen LogP contribution is 2.29. The number of nitrogens with one attached hydrogen (secondary N) is 2. The Bertz CT molecular complexity index is 1000. The van der Waals surface area contributed by atoms with Crippen LogP contribution in [0.4, 0.5) is 11.4 Å². The van der Waals surface area contributed by atoms with Crippen LogP contribution in [0, 0.1) is 0 Å². The van der Waals surface area contributed by atoms with Gasteiger partial charge >= 0.3 is 5.97 Å². The maximum absolute atomic E-state index is 12.7. The van der Waals surface area contributed by atoms with Crippen LogP contribution in [0.2, 0.25) is 0 Å². The van der Waals surface area contributed by atoms with Gasteiger partial charge in [-0.25, -0.2) is 13.2 Å². The molecule has 2 aromatic rings. The van der Waals surface area contributed by atoms with E-state index in [1.165, 1.54) is 0 Å². The maximum Gasteiger partial charge on any atom is 0.339 e. The SMILES string of the molecule is CCCS(=O)(=O)Nc1ccc(NC(=O)C2(C)Cc3ccccc3C(=O)O2)cc1. The van der Waals surface area contributed by atoms with Crippen molar-refractivity contribution in [1.29, 1.82) is 0 Å². The molecule has 7 nitrogen and oxygen atoms in total. The fraction of sp³-hybridized carbons (Fsp3) is 0.300. The van der Waals surface area contributed by atoms with E-state index in [9.17, 15) is 18.0 Å². The van der Waals surface area contributed by atoms with Crippen LogP contribution in [-0.2, 0) is 26.0 Å². The summed E-state index contributed by atoms with van der Waals surface area (Å²) in [7, 11) is -3.38. The van der Waals surface area contributed by atoms with Crippen LogP contribution >= 0.6 is 0 Å². The van der Waals surface area contributed by atoms with E-state index in [0.29, 0.717) is 23.4 Å². The number of hydrogen-bond donors (Lipinski definition) is 2. The zero-order valence-corrected chi connectivity index (χ0v) is 16.5. The van der Waals surface area contributed by atoms with Crippen LogP contribution in [0.25, 0.3) is 0 Å². The number of carbonyl (C=O) groups excluding carboxylic acids is 2. The summed E-state index contributed by atoms with van der Waals surface area (Å²) in [5.41, 5.74) is 0.788. The lowest BCUT2D eigenvalue weighted by Gasteiger charge is -2.33. The Hall–Kier alpha value is -2.87. The van der Waals surface area contributed by atoms with E-state index in [2.05, 4.69) is 10.0 Å². The van der Waals surface area contributed by atoms with Gasteiger partial charge in [-0.2, -0.15) is 0 Å². The largest absolute Gasteiger partial charge is 0.445 e. The second kappa shape index (κ2) is 7.63. The number of hydrogen-bond acceptors (Lipinski definition) is 5. The van der Waals surface area contributed by atoms with Crippen molar-refractivity contribution in [1.82, 2.24) is 0 Å². The Labute approximate surface area is 164 Å². The molecule has 28 heavy (non-hydrogen) atoms. The molecule has 0 saturated heterocycles. The summed E-state index contributed by atoms with van der Waals surface area (Å²) in [5.74, 6) is -0.939. The standard InChI is InChI=1S/C20H22N2O5S/c1-3-12-28(25,26)22-16-10-8-15(9-11-16)21-19(24)20(2)13-14-6-4-5-7-17(14)18(23)27-20/h4-11,22H,3,12-13H2,1-2H3,(H,21,24). The molecule has 0 aromatic heterocycles. The third-order valence-electron chi connectivity index (χ3n) is 4.45. The molecule has 1 aliphatic heterocycles. The minimum Gasteiger partial charge on any atom is -0.445 e. The van der Waals surface area contributed by atoms with Crippen LogP contribution in [0.3, 0.4) is 0 Å². The number of ether oxygens (including phenoxy) is 1. The molecule has 1 heterocycles. The highest BCUT2D eigenvalue weighted by Gasteiger charge is 2.42. The molecule has 1 unspecified atom stereocenters. The fourth-order valence-electron chi connectivity index (χ4n) is 3.04. The Morgan fingerprint density at radius 1 is 1.11 bits per heavy atom. The van der Waals surface area contributed by atoms with Crippen LogP contribution < -0.4 is 10.0 Å². The van der Waals surface area contributed by atoms with Crippen molar-refractivity contribution in [2.24, 2.45) is 0 Å². The number of fused-ring (bicyclic) bond motifs is 1. The summed E-state index contributed by atoms with van der Waals surface area (Å²) < 4.78 is 31.5. The number of anilines is 2. The summed E-state index contributed by atoms with van der Waals surface area (Å²) in [6.45, 7) is 3.36. The Kier molecular flexibility index (Phi) is 5.42. The molecule has 2 aromatic carbocycles. The first kappa shape index (κ1) is 19.9. The lowest BCUT2D eigenvalue weighted by Crippen LogP contribution is -2.48. The number of amides is 1. The maximum atomic E-state index is 12.7. The number of cyclic esters (lactones) is 1. The van der Waals surface area contributed by atoms with Gasteiger partial charge in [0.2, 0.25) is 10.0 Å². The molecule has 1 amide bonds. The Balaban J connectivity index is 1.70. The number of rotatable bonds is 6.